The van der Waals surface area contributed by atoms with Crippen molar-refractivity contribution < 1.29 is 4.79 Å². The lowest BCUT2D eigenvalue weighted by atomic mass is 10.0. The molecule has 128 valence electrons. The molecule has 2 heterocycles. The zero-order valence-electron chi connectivity index (χ0n) is 14.7. The molecule has 1 aliphatic rings. The van der Waals surface area contributed by atoms with Crippen molar-refractivity contribution in [1.82, 2.24) is 9.47 Å². The van der Waals surface area contributed by atoms with Crippen LogP contribution in [0.4, 0.5) is 0 Å². The Bertz CT molecular complexity index is 895. The number of para-hydroxylation sites is 1. The van der Waals surface area contributed by atoms with E-state index in [-0.39, 0.29) is 5.91 Å². The summed E-state index contributed by atoms with van der Waals surface area (Å²) in [6.45, 7) is 1.68. The lowest BCUT2D eigenvalue weighted by Gasteiger charge is -2.22. The standard InChI is InChI=1S/C22H24N2O/c1-23-15-8-7-12-19-18-11-5-6-13-20(18)24(21(19)22(23)25)16-14-17-9-3-2-4-10-17/h2-6,9-11,13H,7-8,12,14-16H2,1H3. The summed E-state index contributed by atoms with van der Waals surface area (Å²) in [6.07, 6.45) is 4.14. The first-order valence-electron chi connectivity index (χ1n) is 9.15. The molecule has 0 atom stereocenters. The number of hydrogen-bond acceptors (Lipinski definition) is 1. The monoisotopic (exact) mass is 332 g/mol. The number of carbonyl (C=O) groups excluding carboxylic acids is 1. The van der Waals surface area contributed by atoms with Crippen LogP contribution in [0.15, 0.2) is 54.6 Å². The van der Waals surface area contributed by atoms with E-state index in [4.69, 9.17) is 0 Å². The zero-order chi connectivity index (χ0) is 17.2. The summed E-state index contributed by atoms with van der Waals surface area (Å²) < 4.78 is 2.25. The first kappa shape index (κ1) is 15.9. The van der Waals surface area contributed by atoms with Gasteiger partial charge < -0.3 is 9.47 Å². The quantitative estimate of drug-likeness (QED) is 0.702. The third-order valence-corrected chi connectivity index (χ3v) is 5.26. The molecule has 1 aliphatic heterocycles. The van der Waals surface area contributed by atoms with E-state index in [1.807, 2.05) is 18.0 Å². The molecule has 0 aliphatic carbocycles. The molecule has 1 aromatic heterocycles. The molecule has 0 unspecified atom stereocenters. The molecule has 0 radical (unpaired) electrons. The lowest BCUT2D eigenvalue weighted by Crippen LogP contribution is -2.32. The second kappa shape index (κ2) is 6.75. The summed E-state index contributed by atoms with van der Waals surface area (Å²) in [7, 11) is 1.93. The summed E-state index contributed by atoms with van der Waals surface area (Å²) in [4.78, 5) is 15.0. The average molecular weight is 332 g/mol. The Morgan fingerprint density at radius 2 is 1.72 bits per heavy atom. The van der Waals surface area contributed by atoms with Gasteiger partial charge in [0.2, 0.25) is 0 Å². The second-order valence-electron chi connectivity index (χ2n) is 6.92. The molecule has 25 heavy (non-hydrogen) atoms. The van der Waals surface area contributed by atoms with Crippen LogP contribution in [-0.2, 0) is 19.4 Å². The molecular formula is C22H24N2O. The summed E-state index contributed by atoms with van der Waals surface area (Å²) in [5, 5.41) is 1.24. The van der Waals surface area contributed by atoms with Gasteiger partial charge in [-0.15, -0.1) is 0 Å². The zero-order valence-corrected chi connectivity index (χ0v) is 14.7. The van der Waals surface area contributed by atoms with Gasteiger partial charge in [0.05, 0.1) is 0 Å². The molecule has 1 amide bonds. The SMILES string of the molecule is CN1CCCCc2c(n(CCc3ccccc3)c3ccccc23)C1=O. The van der Waals surface area contributed by atoms with Crippen LogP contribution < -0.4 is 0 Å². The van der Waals surface area contributed by atoms with Gasteiger partial charge in [-0.25, -0.2) is 0 Å². The summed E-state index contributed by atoms with van der Waals surface area (Å²) in [6, 6.07) is 19.0. The van der Waals surface area contributed by atoms with Crippen LogP contribution in [0.2, 0.25) is 0 Å². The molecule has 3 nitrogen and oxygen atoms in total. The minimum Gasteiger partial charge on any atom is -0.340 e. The van der Waals surface area contributed by atoms with Crippen molar-refractivity contribution in [3.8, 4) is 0 Å². The van der Waals surface area contributed by atoms with Gasteiger partial charge in [0.15, 0.2) is 0 Å². The Morgan fingerprint density at radius 3 is 2.56 bits per heavy atom. The van der Waals surface area contributed by atoms with E-state index in [0.717, 1.165) is 44.5 Å². The van der Waals surface area contributed by atoms with Gasteiger partial charge in [0.1, 0.15) is 5.69 Å². The Kier molecular flexibility index (Phi) is 4.31. The molecule has 0 N–H and O–H groups in total. The van der Waals surface area contributed by atoms with Gasteiger partial charge in [0, 0.05) is 31.0 Å². The number of carbonyl (C=O) groups is 1. The van der Waals surface area contributed by atoms with E-state index in [9.17, 15) is 4.79 Å². The van der Waals surface area contributed by atoms with Crippen LogP contribution >= 0.6 is 0 Å². The molecule has 0 spiro atoms. The summed E-state index contributed by atoms with van der Waals surface area (Å²) in [5.74, 6) is 0.166. The maximum atomic E-state index is 13.1. The maximum absolute atomic E-state index is 13.1. The number of fused-ring (bicyclic) bond motifs is 3. The first-order chi connectivity index (χ1) is 12.3. The Balaban J connectivity index is 1.81. The molecule has 0 saturated heterocycles. The molecular weight excluding hydrogens is 308 g/mol. The normalized spacial score (nSPS) is 15.1. The number of benzene rings is 2. The Morgan fingerprint density at radius 1 is 0.960 bits per heavy atom. The molecule has 2 aromatic carbocycles. The van der Waals surface area contributed by atoms with Crippen LogP contribution in [0, 0.1) is 0 Å². The van der Waals surface area contributed by atoms with Crippen molar-refractivity contribution >= 4 is 16.8 Å². The third kappa shape index (κ3) is 2.95. The lowest BCUT2D eigenvalue weighted by molar-refractivity contribution is 0.0777. The highest BCUT2D eigenvalue weighted by atomic mass is 16.2. The largest absolute Gasteiger partial charge is 0.340 e. The van der Waals surface area contributed by atoms with Crippen molar-refractivity contribution in [2.75, 3.05) is 13.6 Å². The van der Waals surface area contributed by atoms with Gasteiger partial charge in [-0.1, -0.05) is 48.5 Å². The number of rotatable bonds is 3. The van der Waals surface area contributed by atoms with Crippen LogP contribution in [0.5, 0.6) is 0 Å². The number of aromatic nitrogens is 1. The van der Waals surface area contributed by atoms with E-state index < -0.39 is 0 Å². The highest BCUT2D eigenvalue weighted by molar-refractivity contribution is 6.01. The third-order valence-electron chi connectivity index (χ3n) is 5.26. The van der Waals surface area contributed by atoms with Crippen LogP contribution in [0.1, 0.15) is 34.5 Å². The maximum Gasteiger partial charge on any atom is 0.270 e. The van der Waals surface area contributed by atoms with E-state index in [1.54, 1.807) is 0 Å². The average Bonchev–Trinajstić information content (AvgIpc) is 2.96. The summed E-state index contributed by atoms with van der Waals surface area (Å²) in [5.41, 5.74) is 4.63. The van der Waals surface area contributed by atoms with Crippen LogP contribution in [0.25, 0.3) is 10.9 Å². The smallest absolute Gasteiger partial charge is 0.270 e. The molecule has 3 aromatic rings. The minimum atomic E-state index is 0.166. The van der Waals surface area contributed by atoms with Gasteiger partial charge in [-0.2, -0.15) is 0 Å². The predicted octanol–water partition coefficient (Wildman–Crippen LogP) is 4.29. The van der Waals surface area contributed by atoms with E-state index in [0.29, 0.717) is 0 Å². The highest BCUT2D eigenvalue weighted by Crippen LogP contribution is 2.30. The predicted molar refractivity (Wildman–Crippen MR) is 102 cm³/mol. The fraction of sp³-hybridized carbons (Fsp3) is 0.318. The topological polar surface area (TPSA) is 25.2 Å². The van der Waals surface area contributed by atoms with Crippen LogP contribution in [-0.4, -0.2) is 29.0 Å². The van der Waals surface area contributed by atoms with Crippen molar-refractivity contribution in [3.05, 3.63) is 71.4 Å². The molecule has 0 fully saturated rings. The minimum absolute atomic E-state index is 0.166. The first-order valence-corrected chi connectivity index (χ1v) is 9.15. The molecule has 4 rings (SSSR count). The van der Waals surface area contributed by atoms with Crippen molar-refractivity contribution in [2.24, 2.45) is 0 Å². The van der Waals surface area contributed by atoms with Crippen LogP contribution in [0.3, 0.4) is 0 Å². The van der Waals surface area contributed by atoms with Gasteiger partial charge in [0.25, 0.3) is 5.91 Å². The van der Waals surface area contributed by atoms with Crippen molar-refractivity contribution in [1.29, 1.82) is 0 Å². The fourth-order valence-electron chi connectivity index (χ4n) is 3.92. The van der Waals surface area contributed by atoms with Gasteiger partial charge in [-0.05, 0) is 42.9 Å². The van der Waals surface area contributed by atoms with Crippen molar-refractivity contribution in [2.45, 2.75) is 32.2 Å². The van der Waals surface area contributed by atoms with Gasteiger partial charge in [-0.3, -0.25) is 4.79 Å². The van der Waals surface area contributed by atoms with Gasteiger partial charge >= 0.3 is 0 Å². The highest BCUT2D eigenvalue weighted by Gasteiger charge is 2.26. The fourth-order valence-corrected chi connectivity index (χ4v) is 3.92. The number of nitrogens with zero attached hydrogens (tertiary/aromatic N) is 2. The second-order valence-corrected chi connectivity index (χ2v) is 6.92. The van der Waals surface area contributed by atoms with Crippen molar-refractivity contribution in [3.63, 3.8) is 0 Å². The summed E-state index contributed by atoms with van der Waals surface area (Å²) >= 11 is 0. The van der Waals surface area contributed by atoms with E-state index in [2.05, 4.69) is 53.1 Å². The molecule has 3 heteroatoms. The van der Waals surface area contributed by atoms with E-state index in [1.165, 1.54) is 22.0 Å². The molecule has 0 saturated carbocycles. The number of aryl methyl sites for hydroxylation is 3. The number of hydrogen-bond donors (Lipinski definition) is 0. The Labute approximate surface area is 148 Å². The Hall–Kier alpha value is -2.55. The van der Waals surface area contributed by atoms with E-state index >= 15 is 0 Å². The molecule has 0 bridgehead atoms. The number of amides is 1.